The number of hydrogen-bond acceptors (Lipinski definition) is 2. The molecule has 6 nitrogen and oxygen atoms in total. The van der Waals surface area contributed by atoms with Crippen LogP contribution in [0.1, 0.15) is 11.1 Å². The number of azide groups is 2. The second-order valence-corrected chi connectivity index (χ2v) is 3.81. The van der Waals surface area contributed by atoms with Gasteiger partial charge >= 0.3 is 0 Å². The quantitative estimate of drug-likeness (QED) is 0.254. The molecule has 2 aromatic rings. The van der Waals surface area contributed by atoms with Gasteiger partial charge in [0.2, 0.25) is 0 Å². The summed E-state index contributed by atoms with van der Waals surface area (Å²) in [7, 11) is 0. The van der Waals surface area contributed by atoms with Crippen molar-refractivity contribution in [3.8, 4) is 0 Å². The van der Waals surface area contributed by atoms with Crippen LogP contribution in [0.4, 0.5) is 0 Å². The summed E-state index contributed by atoms with van der Waals surface area (Å²) in [6, 6.07) is 18.2. The van der Waals surface area contributed by atoms with Gasteiger partial charge in [-0.3, -0.25) is 0 Å². The molecule has 97 valence electrons. The fourth-order valence-corrected chi connectivity index (χ4v) is 1.77. The molecule has 21 heavy (non-hydrogen) atoms. The van der Waals surface area contributed by atoms with E-state index < -0.39 is 0 Å². The van der Waals surface area contributed by atoms with Gasteiger partial charge < -0.3 is 0 Å². The van der Waals surface area contributed by atoms with Crippen molar-refractivity contribution in [1.82, 2.24) is 0 Å². The van der Waals surface area contributed by atoms with Gasteiger partial charge in [0.05, 0.1) is 11.4 Å². The Balaban J connectivity index is 0.00000220. The smallest absolute Gasteiger partial charge is 0.0549 e. The Morgan fingerprint density at radius 3 is 1.29 bits per heavy atom. The van der Waals surface area contributed by atoms with Crippen molar-refractivity contribution in [2.75, 3.05) is 0 Å². The summed E-state index contributed by atoms with van der Waals surface area (Å²) < 4.78 is 0. The first kappa shape index (κ1) is 16.9. The molecule has 0 aromatic heterocycles. The van der Waals surface area contributed by atoms with E-state index in [1.54, 1.807) is 24.3 Å². The summed E-state index contributed by atoms with van der Waals surface area (Å²) >= 11 is 0. The first-order valence-electron chi connectivity index (χ1n) is 5.82. The molecule has 0 atom stereocenters. The van der Waals surface area contributed by atoms with E-state index >= 15 is 0 Å². The zero-order chi connectivity index (χ0) is 14.2. The van der Waals surface area contributed by atoms with Crippen molar-refractivity contribution in [1.29, 1.82) is 0 Å². The normalized spacial score (nSPS) is 10.3. The molecular formula is C14H10N6Na. The Bertz CT molecular complexity index is 650. The monoisotopic (exact) mass is 285 g/mol. The van der Waals surface area contributed by atoms with Gasteiger partial charge in [-0.1, -0.05) is 70.9 Å². The SMILES string of the molecule is [N-]=[N+]=NC(=C(N=[N+]=[N-])c1ccccc1)c1ccccc1.[Na]. The van der Waals surface area contributed by atoms with Crippen molar-refractivity contribution in [3.63, 3.8) is 0 Å². The van der Waals surface area contributed by atoms with E-state index in [4.69, 9.17) is 11.1 Å². The minimum absolute atomic E-state index is 0. The van der Waals surface area contributed by atoms with Crippen LogP contribution in [0.3, 0.4) is 0 Å². The molecule has 1 radical (unpaired) electrons. The van der Waals surface area contributed by atoms with Crippen LogP contribution in [0, 0.1) is 0 Å². The Kier molecular flexibility index (Phi) is 7.12. The van der Waals surface area contributed by atoms with Gasteiger partial charge in [0.1, 0.15) is 0 Å². The first-order valence-corrected chi connectivity index (χ1v) is 5.82. The van der Waals surface area contributed by atoms with Gasteiger partial charge in [-0.15, -0.1) is 0 Å². The third-order valence-electron chi connectivity index (χ3n) is 2.61. The molecule has 7 heteroatoms. The van der Waals surface area contributed by atoms with Crippen LogP contribution >= 0.6 is 0 Å². The maximum absolute atomic E-state index is 8.75. The molecule has 0 aliphatic rings. The molecule has 0 saturated carbocycles. The predicted molar refractivity (Wildman–Crippen MR) is 83.7 cm³/mol. The zero-order valence-electron chi connectivity index (χ0n) is 11.5. The molecule has 0 fully saturated rings. The van der Waals surface area contributed by atoms with Gasteiger partial charge in [-0.2, -0.15) is 0 Å². The fraction of sp³-hybridized carbons (Fsp3) is 0. The van der Waals surface area contributed by atoms with E-state index in [1.165, 1.54) is 0 Å². The Morgan fingerprint density at radius 2 is 1.00 bits per heavy atom. The van der Waals surface area contributed by atoms with Crippen LogP contribution in [0.15, 0.2) is 70.9 Å². The first-order chi connectivity index (χ1) is 9.86. The molecule has 0 amide bonds. The largest absolute Gasteiger partial charge is 0.0622 e. The van der Waals surface area contributed by atoms with Gasteiger partial charge in [-0.25, -0.2) is 0 Å². The Labute approximate surface area is 143 Å². The molecule has 0 saturated heterocycles. The Hall–Kier alpha value is -2.20. The molecule has 2 aromatic carbocycles. The van der Waals surface area contributed by atoms with Crippen molar-refractivity contribution >= 4 is 41.0 Å². The van der Waals surface area contributed by atoms with Crippen molar-refractivity contribution < 1.29 is 0 Å². The van der Waals surface area contributed by atoms with Gasteiger partial charge in [0, 0.05) is 39.4 Å². The summed E-state index contributed by atoms with van der Waals surface area (Å²) in [5, 5.41) is 7.37. The van der Waals surface area contributed by atoms with Gasteiger partial charge in [-0.05, 0) is 22.2 Å². The average molecular weight is 285 g/mol. The zero-order valence-corrected chi connectivity index (χ0v) is 13.5. The minimum Gasteiger partial charge on any atom is -0.0622 e. The molecule has 0 N–H and O–H groups in total. The van der Waals surface area contributed by atoms with Crippen LogP contribution in [0.25, 0.3) is 32.3 Å². The summed E-state index contributed by atoms with van der Waals surface area (Å²) in [6.07, 6.45) is 0. The number of nitrogens with zero attached hydrogens (tertiary/aromatic N) is 6. The number of rotatable bonds is 4. The van der Waals surface area contributed by atoms with Crippen LogP contribution in [0.2, 0.25) is 0 Å². The standard InChI is InChI=1S/C14H10N6.Na/c15-19-17-13(11-7-3-1-4-8-11)14(18-20-16)12-9-5-2-6-10-12;/h1-10H;. The Morgan fingerprint density at radius 1 is 0.667 bits per heavy atom. The van der Waals surface area contributed by atoms with Crippen molar-refractivity contribution in [3.05, 3.63) is 92.7 Å². The summed E-state index contributed by atoms with van der Waals surface area (Å²) in [6.45, 7) is 0. The van der Waals surface area contributed by atoms with E-state index in [0.717, 1.165) is 0 Å². The molecule has 0 unspecified atom stereocenters. The molecule has 0 bridgehead atoms. The van der Waals surface area contributed by atoms with E-state index in [0.29, 0.717) is 22.5 Å². The van der Waals surface area contributed by atoms with Gasteiger partial charge in [0.15, 0.2) is 0 Å². The van der Waals surface area contributed by atoms with Crippen LogP contribution in [-0.4, -0.2) is 29.6 Å². The third kappa shape index (κ3) is 4.39. The molecule has 0 heterocycles. The topological polar surface area (TPSA) is 97.5 Å². The fourth-order valence-electron chi connectivity index (χ4n) is 1.77. The van der Waals surface area contributed by atoms with Crippen LogP contribution < -0.4 is 0 Å². The maximum atomic E-state index is 8.75. The predicted octanol–water partition coefficient (Wildman–Crippen LogP) is 4.75. The van der Waals surface area contributed by atoms with Crippen LogP contribution in [-0.2, 0) is 0 Å². The van der Waals surface area contributed by atoms with E-state index in [1.807, 2.05) is 36.4 Å². The summed E-state index contributed by atoms with van der Waals surface area (Å²) in [5.41, 5.74) is 19.5. The molecule has 0 aliphatic heterocycles. The molecule has 2 rings (SSSR count). The van der Waals surface area contributed by atoms with Crippen LogP contribution in [0.5, 0.6) is 0 Å². The maximum Gasteiger partial charge on any atom is 0.0549 e. The van der Waals surface area contributed by atoms with E-state index in [9.17, 15) is 0 Å². The number of hydrogen-bond donors (Lipinski definition) is 0. The van der Waals surface area contributed by atoms with Crippen molar-refractivity contribution in [2.45, 2.75) is 0 Å². The molecule has 0 spiro atoms. The summed E-state index contributed by atoms with van der Waals surface area (Å²) in [5.74, 6) is 0. The molecular weight excluding hydrogens is 275 g/mol. The number of benzene rings is 2. The van der Waals surface area contributed by atoms with Gasteiger partial charge in [0.25, 0.3) is 0 Å². The second-order valence-electron chi connectivity index (χ2n) is 3.81. The minimum atomic E-state index is 0. The van der Waals surface area contributed by atoms with Crippen molar-refractivity contribution in [2.24, 2.45) is 10.2 Å². The van der Waals surface area contributed by atoms with E-state index in [-0.39, 0.29) is 29.6 Å². The summed E-state index contributed by atoms with van der Waals surface area (Å²) in [4.78, 5) is 5.65. The third-order valence-corrected chi connectivity index (χ3v) is 2.61. The second kappa shape index (κ2) is 8.87. The molecule has 0 aliphatic carbocycles. The average Bonchev–Trinajstić information content (AvgIpc) is 2.52. The van der Waals surface area contributed by atoms with E-state index in [2.05, 4.69) is 20.1 Å².